The first-order chi connectivity index (χ1) is 11.2. The van der Waals surface area contributed by atoms with Gasteiger partial charge in [0.1, 0.15) is 16.7 Å². The van der Waals surface area contributed by atoms with Crippen molar-refractivity contribution in [3.05, 3.63) is 16.6 Å². The fraction of sp³-hybridized carbons (Fsp3) is 0.688. The van der Waals surface area contributed by atoms with Crippen LogP contribution < -0.4 is 5.73 Å². The Morgan fingerprint density at radius 3 is 2.67 bits per heavy atom. The van der Waals surface area contributed by atoms with Gasteiger partial charge in [-0.05, 0) is 40.2 Å². The lowest BCUT2D eigenvalue weighted by molar-refractivity contribution is -0.156. The van der Waals surface area contributed by atoms with Crippen LogP contribution in [-0.4, -0.2) is 51.7 Å². The van der Waals surface area contributed by atoms with Crippen LogP contribution in [0, 0.1) is 0 Å². The molecule has 3 N–H and O–H groups in total. The number of carbonyl (C=O) groups is 2. The number of ether oxygens (including phenoxy) is 1. The lowest BCUT2D eigenvalue weighted by Gasteiger charge is -2.24. The molecule has 1 unspecified atom stereocenters. The average molecular weight is 357 g/mol. The van der Waals surface area contributed by atoms with Crippen molar-refractivity contribution in [2.45, 2.75) is 58.2 Å². The van der Waals surface area contributed by atoms with Gasteiger partial charge in [-0.25, -0.2) is 4.98 Å². The Bertz CT molecular complexity index is 514. The van der Waals surface area contributed by atoms with Gasteiger partial charge in [0.25, 0.3) is 0 Å². The summed E-state index contributed by atoms with van der Waals surface area (Å²) in [5.74, 6) is -1.26. The highest BCUT2D eigenvalue weighted by Crippen LogP contribution is 2.12. The molecule has 0 bridgehead atoms. The lowest BCUT2D eigenvalue weighted by atomic mass is 10.1. The molecule has 1 aromatic rings. The van der Waals surface area contributed by atoms with Crippen LogP contribution in [0.4, 0.5) is 0 Å². The molecule has 1 atom stereocenters. The molecule has 0 saturated heterocycles. The maximum atomic E-state index is 12.0. The Morgan fingerprint density at radius 2 is 2.12 bits per heavy atom. The highest BCUT2D eigenvalue weighted by atomic mass is 32.1. The van der Waals surface area contributed by atoms with Gasteiger partial charge in [0, 0.05) is 11.6 Å². The molecule has 0 fully saturated rings. The van der Waals surface area contributed by atoms with E-state index in [1.54, 1.807) is 6.20 Å². The largest absolute Gasteiger partial charge is 0.480 e. The SMILES string of the molecule is CC(C)(C)OC(=O)CN(CCCCC(N)C(=O)O)Cc1nccs1. The van der Waals surface area contributed by atoms with E-state index in [4.69, 9.17) is 15.6 Å². The van der Waals surface area contributed by atoms with Gasteiger partial charge >= 0.3 is 11.9 Å². The quantitative estimate of drug-likeness (QED) is 0.486. The summed E-state index contributed by atoms with van der Waals surface area (Å²) in [4.78, 5) is 29.0. The van der Waals surface area contributed by atoms with Crippen molar-refractivity contribution < 1.29 is 19.4 Å². The second-order valence-corrected chi connectivity index (χ2v) is 7.64. The van der Waals surface area contributed by atoms with Gasteiger partial charge in [-0.15, -0.1) is 11.3 Å². The van der Waals surface area contributed by atoms with Crippen LogP contribution in [0.15, 0.2) is 11.6 Å². The summed E-state index contributed by atoms with van der Waals surface area (Å²) < 4.78 is 5.37. The summed E-state index contributed by atoms with van der Waals surface area (Å²) in [5, 5.41) is 11.6. The number of aliphatic carboxylic acids is 1. The van der Waals surface area contributed by atoms with Gasteiger partial charge in [-0.1, -0.05) is 6.42 Å². The smallest absolute Gasteiger partial charge is 0.320 e. The first-order valence-corrected chi connectivity index (χ1v) is 8.86. The van der Waals surface area contributed by atoms with Gasteiger partial charge < -0.3 is 15.6 Å². The maximum absolute atomic E-state index is 12.0. The normalized spacial score (nSPS) is 13.0. The fourth-order valence-electron chi connectivity index (χ4n) is 2.12. The van der Waals surface area contributed by atoms with E-state index in [1.807, 2.05) is 31.1 Å². The first kappa shape index (κ1) is 20.5. The lowest BCUT2D eigenvalue weighted by Crippen LogP contribution is -2.35. The van der Waals surface area contributed by atoms with Crippen LogP contribution in [0.25, 0.3) is 0 Å². The zero-order valence-corrected chi connectivity index (χ0v) is 15.3. The van der Waals surface area contributed by atoms with Crippen LogP contribution in [0.5, 0.6) is 0 Å². The molecule has 1 rings (SSSR count). The first-order valence-electron chi connectivity index (χ1n) is 7.98. The van der Waals surface area contributed by atoms with Crippen molar-refractivity contribution in [2.24, 2.45) is 5.73 Å². The number of nitrogens with zero attached hydrogens (tertiary/aromatic N) is 2. The number of thiazole rings is 1. The third-order valence-electron chi connectivity index (χ3n) is 3.17. The van der Waals surface area contributed by atoms with E-state index in [1.165, 1.54) is 11.3 Å². The molecular weight excluding hydrogens is 330 g/mol. The number of hydrogen-bond donors (Lipinski definition) is 2. The van der Waals surface area contributed by atoms with Crippen molar-refractivity contribution in [1.82, 2.24) is 9.88 Å². The fourth-order valence-corrected chi connectivity index (χ4v) is 2.77. The molecule has 0 aliphatic rings. The average Bonchev–Trinajstić information content (AvgIpc) is 2.93. The molecule has 1 aromatic heterocycles. The summed E-state index contributed by atoms with van der Waals surface area (Å²) >= 11 is 1.54. The summed E-state index contributed by atoms with van der Waals surface area (Å²) in [6, 6.07) is -0.830. The Hall–Kier alpha value is -1.51. The molecule has 8 heteroatoms. The summed E-state index contributed by atoms with van der Waals surface area (Å²) in [6.45, 7) is 6.92. The Morgan fingerprint density at radius 1 is 1.42 bits per heavy atom. The van der Waals surface area contributed by atoms with E-state index in [2.05, 4.69) is 4.98 Å². The zero-order chi connectivity index (χ0) is 18.2. The number of rotatable bonds is 10. The minimum absolute atomic E-state index is 0.182. The van der Waals surface area contributed by atoms with Gasteiger partial charge in [-0.3, -0.25) is 14.5 Å². The van der Waals surface area contributed by atoms with E-state index in [0.29, 0.717) is 25.9 Å². The Labute approximate surface area is 146 Å². The zero-order valence-electron chi connectivity index (χ0n) is 14.5. The van der Waals surface area contributed by atoms with Gasteiger partial charge in [0.15, 0.2) is 0 Å². The predicted octanol–water partition coefficient (Wildman–Crippen LogP) is 1.87. The molecule has 0 aromatic carbocycles. The van der Waals surface area contributed by atoms with E-state index >= 15 is 0 Å². The van der Waals surface area contributed by atoms with E-state index in [9.17, 15) is 9.59 Å². The van der Waals surface area contributed by atoms with Crippen LogP contribution in [0.3, 0.4) is 0 Å². The highest BCUT2D eigenvalue weighted by Gasteiger charge is 2.20. The second-order valence-electron chi connectivity index (χ2n) is 6.66. The molecule has 24 heavy (non-hydrogen) atoms. The standard InChI is InChI=1S/C16H27N3O4S/c1-16(2,3)23-14(20)11-19(10-13-18-7-9-24-13)8-5-4-6-12(17)15(21)22/h7,9,12H,4-6,8,10-11,17H2,1-3H3,(H,21,22). The number of carbonyl (C=O) groups excluding carboxylic acids is 1. The van der Waals surface area contributed by atoms with Crippen LogP contribution in [0.1, 0.15) is 45.0 Å². The number of hydrogen-bond acceptors (Lipinski definition) is 7. The highest BCUT2D eigenvalue weighted by molar-refractivity contribution is 7.09. The van der Waals surface area contributed by atoms with Crippen LogP contribution >= 0.6 is 11.3 Å². The van der Waals surface area contributed by atoms with Crippen molar-refractivity contribution >= 4 is 23.3 Å². The molecule has 7 nitrogen and oxygen atoms in total. The number of unbranched alkanes of at least 4 members (excludes halogenated alkanes) is 1. The number of nitrogens with two attached hydrogens (primary N) is 1. The molecule has 0 aliphatic heterocycles. The van der Waals surface area contributed by atoms with Gasteiger partial charge in [0.2, 0.25) is 0 Å². The monoisotopic (exact) mass is 357 g/mol. The maximum Gasteiger partial charge on any atom is 0.320 e. The number of esters is 1. The molecule has 0 saturated carbocycles. The van der Waals surface area contributed by atoms with Crippen LogP contribution in [-0.2, 0) is 20.9 Å². The molecule has 1 heterocycles. The third-order valence-corrected chi connectivity index (χ3v) is 3.94. The molecule has 0 amide bonds. The van der Waals surface area contributed by atoms with E-state index in [0.717, 1.165) is 11.4 Å². The van der Waals surface area contributed by atoms with Gasteiger partial charge in [-0.2, -0.15) is 0 Å². The summed E-state index contributed by atoms with van der Waals surface area (Å²) in [5.41, 5.74) is 4.98. The Kier molecular flexibility index (Phi) is 8.30. The third kappa shape index (κ3) is 8.95. The molecular formula is C16H27N3O4S. The molecule has 0 radical (unpaired) electrons. The van der Waals surface area contributed by atoms with Crippen molar-refractivity contribution in [2.75, 3.05) is 13.1 Å². The summed E-state index contributed by atoms with van der Waals surface area (Å²) in [7, 11) is 0. The minimum Gasteiger partial charge on any atom is -0.480 e. The van der Waals surface area contributed by atoms with Crippen molar-refractivity contribution in [3.63, 3.8) is 0 Å². The number of carboxylic acid groups (broad SMARTS) is 1. The van der Waals surface area contributed by atoms with E-state index in [-0.39, 0.29) is 12.5 Å². The van der Waals surface area contributed by atoms with Crippen LogP contribution in [0.2, 0.25) is 0 Å². The second kappa shape index (κ2) is 9.71. The number of carboxylic acids is 1. The van der Waals surface area contributed by atoms with Crippen molar-refractivity contribution in [1.29, 1.82) is 0 Å². The van der Waals surface area contributed by atoms with E-state index < -0.39 is 17.6 Å². The predicted molar refractivity (Wildman–Crippen MR) is 92.7 cm³/mol. The van der Waals surface area contributed by atoms with Gasteiger partial charge in [0.05, 0.1) is 13.1 Å². The Balaban J connectivity index is 2.49. The summed E-state index contributed by atoms with van der Waals surface area (Å²) in [6.07, 6.45) is 3.61. The topological polar surface area (TPSA) is 106 Å². The molecule has 0 spiro atoms. The minimum atomic E-state index is -0.983. The molecule has 136 valence electrons. The number of aromatic nitrogens is 1. The molecule has 0 aliphatic carbocycles. The van der Waals surface area contributed by atoms with Crippen molar-refractivity contribution in [3.8, 4) is 0 Å².